The molecule has 0 saturated carbocycles. The van der Waals surface area contributed by atoms with Crippen molar-refractivity contribution in [2.45, 2.75) is 19.4 Å². The van der Waals surface area contributed by atoms with Gasteiger partial charge in [0.05, 0.1) is 12.3 Å². The predicted molar refractivity (Wildman–Crippen MR) is 121 cm³/mol. The third-order valence-corrected chi connectivity index (χ3v) is 6.49. The second-order valence-corrected chi connectivity index (χ2v) is 8.32. The standard InChI is InChI=1S/C24H23N3O2S/c1-29-14-13-26-21-11-5-3-8-18(21)15-22(26)23-25-19(16-30-23)24(28)27-12-6-9-17-7-2-4-10-20(17)27/h2-5,7-8,10-11,15-16H,6,9,12-14H2,1H3. The normalized spacial score (nSPS) is 13.6. The molecule has 1 aliphatic rings. The first-order valence-electron chi connectivity index (χ1n) is 10.2. The molecule has 0 bridgehead atoms. The summed E-state index contributed by atoms with van der Waals surface area (Å²) in [6, 6.07) is 18.6. The Hall–Kier alpha value is -2.96. The number of para-hydroxylation sites is 2. The van der Waals surface area contributed by atoms with E-state index in [1.807, 2.05) is 40.6 Å². The van der Waals surface area contributed by atoms with Crippen LogP contribution in [0.15, 0.2) is 60.0 Å². The lowest BCUT2D eigenvalue weighted by Gasteiger charge is -2.28. The maximum atomic E-state index is 13.3. The van der Waals surface area contributed by atoms with Gasteiger partial charge in [0.2, 0.25) is 0 Å². The molecule has 0 saturated heterocycles. The van der Waals surface area contributed by atoms with Crippen LogP contribution in [0.3, 0.4) is 0 Å². The van der Waals surface area contributed by atoms with Gasteiger partial charge >= 0.3 is 0 Å². The van der Waals surface area contributed by atoms with Gasteiger partial charge in [-0.1, -0.05) is 36.4 Å². The lowest BCUT2D eigenvalue weighted by molar-refractivity contribution is 0.0981. The molecular formula is C24H23N3O2S. The fourth-order valence-electron chi connectivity index (χ4n) is 4.18. The van der Waals surface area contributed by atoms with Crippen molar-refractivity contribution in [2.75, 3.05) is 25.2 Å². The summed E-state index contributed by atoms with van der Waals surface area (Å²) in [5, 5.41) is 3.90. The summed E-state index contributed by atoms with van der Waals surface area (Å²) in [7, 11) is 1.71. The van der Waals surface area contributed by atoms with Crippen LogP contribution in [0, 0.1) is 0 Å². The molecule has 0 fully saturated rings. The number of aromatic nitrogens is 2. The number of carbonyl (C=O) groups excluding carboxylic acids is 1. The Balaban J connectivity index is 1.50. The Morgan fingerprint density at radius 3 is 2.90 bits per heavy atom. The van der Waals surface area contributed by atoms with Gasteiger partial charge in [-0.05, 0) is 36.6 Å². The van der Waals surface area contributed by atoms with Crippen LogP contribution in [-0.4, -0.2) is 35.7 Å². The molecule has 30 heavy (non-hydrogen) atoms. The molecule has 0 unspecified atom stereocenters. The first-order valence-corrected chi connectivity index (χ1v) is 11.1. The van der Waals surface area contributed by atoms with Crippen molar-refractivity contribution in [3.05, 3.63) is 71.2 Å². The van der Waals surface area contributed by atoms with E-state index in [0.717, 1.165) is 53.2 Å². The molecule has 0 spiro atoms. The lowest BCUT2D eigenvalue weighted by atomic mass is 10.0. The van der Waals surface area contributed by atoms with Crippen LogP contribution < -0.4 is 4.90 Å². The number of anilines is 1. The van der Waals surface area contributed by atoms with E-state index < -0.39 is 0 Å². The highest BCUT2D eigenvalue weighted by Crippen LogP contribution is 2.32. The predicted octanol–water partition coefficient (Wildman–Crippen LogP) is 5.00. The van der Waals surface area contributed by atoms with Gasteiger partial charge < -0.3 is 14.2 Å². The number of aryl methyl sites for hydroxylation is 1. The SMILES string of the molecule is COCCn1c(-c2nc(C(=O)N3CCCc4ccccc43)cs2)cc2ccccc21. The van der Waals surface area contributed by atoms with Gasteiger partial charge in [0, 0.05) is 42.2 Å². The van der Waals surface area contributed by atoms with Crippen LogP contribution in [0.5, 0.6) is 0 Å². The molecule has 2 aromatic carbocycles. The summed E-state index contributed by atoms with van der Waals surface area (Å²) in [5.41, 5.74) is 4.92. The van der Waals surface area contributed by atoms with Crippen molar-refractivity contribution in [1.29, 1.82) is 0 Å². The molecule has 1 aliphatic heterocycles. The van der Waals surface area contributed by atoms with Gasteiger partial charge in [-0.25, -0.2) is 4.98 Å². The van der Waals surface area contributed by atoms with Gasteiger partial charge in [-0.3, -0.25) is 4.79 Å². The quantitative estimate of drug-likeness (QED) is 0.459. The van der Waals surface area contributed by atoms with Crippen LogP contribution in [0.4, 0.5) is 5.69 Å². The number of ether oxygens (including phenoxy) is 1. The van der Waals surface area contributed by atoms with E-state index in [9.17, 15) is 4.79 Å². The van der Waals surface area contributed by atoms with Crippen LogP contribution in [0.1, 0.15) is 22.5 Å². The summed E-state index contributed by atoms with van der Waals surface area (Å²) in [5.74, 6) is -0.0239. The number of amides is 1. The number of benzene rings is 2. The Bertz CT molecular complexity index is 1210. The third-order valence-electron chi connectivity index (χ3n) is 5.63. The monoisotopic (exact) mass is 417 g/mol. The minimum Gasteiger partial charge on any atom is -0.383 e. The molecule has 0 atom stereocenters. The first kappa shape index (κ1) is 19.0. The third kappa shape index (κ3) is 3.32. The average Bonchev–Trinajstić information content (AvgIpc) is 3.42. The van der Waals surface area contributed by atoms with Crippen LogP contribution in [0.25, 0.3) is 21.6 Å². The highest BCUT2D eigenvalue weighted by atomic mass is 32.1. The molecule has 0 radical (unpaired) electrons. The van der Waals surface area contributed by atoms with Gasteiger partial charge in [0.1, 0.15) is 10.7 Å². The summed E-state index contributed by atoms with van der Waals surface area (Å²) < 4.78 is 7.54. The number of thiazole rings is 1. The summed E-state index contributed by atoms with van der Waals surface area (Å²) in [4.78, 5) is 19.9. The Morgan fingerprint density at radius 2 is 2.00 bits per heavy atom. The number of methoxy groups -OCH3 is 1. The fourth-order valence-corrected chi connectivity index (χ4v) is 5.00. The molecular weight excluding hydrogens is 394 g/mol. The smallest absolute Gasteiger partial charge is 0.277 e. The lowest BCUT2D eigenvalue weighted by Crippen LogP contribution is -2.35. The highest BCUT2D eigenvalue weighted by Gasteiger charge is 2.25. The van der Waals surface area contributed by atoms with Crippen LogP contribution in [-0.2, 0) is 17.7 Å². The van der Waals surface area contributed by atoms with E-state index in [1.54, 1.807) is 7.11 Å². The number of rotatable bonds is 5. The van der Waals surface area contributed by atoms with E-state index in [4.69, 9.17) is 9.72 Å². The number of hydrogen-bond acceptors (Lipinski definition) is 4. The summed E-state index contributed by atoms with van der Waals surface area (Å²) in [6.07, 6.45) is 1.99. The van der Waals surface area contributed by atoms with Gasteiger partial charge in [-0.2, -0.15) is 0 Å². The van der Waals surface area contributed by atoms with Crippen molar-refractivity contribution < 1.29 is 9.53 Å². The minimum atomic E-state index is -0.0239. The van der Waals surface area contributed by atoms with E-state index in [2.05, 4.69) is 28.8 Å². The van der Waals surface area contributed by atoms with Crippen molar-refractivity contribution in [1.82, 2.24) is 9.55 Å². The maximum absolute atomic E-state index is 13.3. The molecule has 1 amide bonds. The van der Waals surface area contributed by atoms with E-state index in [-0.39, 0.29) is 5.91 Å². The molecule has 4 aromatic rings. The Morgan fingerprint density at radius 1 is 1.17 bits per heavy atom. The van der Waals surface area contributed by atoms with Crippen LogP contribution >= 0.6 is 11.3 Å². The van der Waals surface area contributed by atoms with E-state index in [1.165, 1.54) is 16.9 Å². The van der Waals surface area contributed by atoms with E-state index in [0.29, 0.717) is 12.3 Å². The zero-order valence-electron chi connectivity index (χ0n) is 16.9. The molecule has 3 heterocycles. The number of fused-ring (bicyclic) bond motifs is 2. The molecule has 6 heteroatoms. The number of carbonyl (C=O) groups is 1. The van der Waals surface area contributed by atoms with Gasteiger partial charge in [0.15, 0.2) is 0 Å². The fraction of sp³-hybridized carbons (Fsp3) is 0.250. The first-order chi connectivity index (χ1) is 14.8. The zero-order valence-corrected chi connectivity index (χ0v) is 17.7. The van der Waals surface area contributed by atoms with E-state index >= 15 is 0 Å². The van der Waals surface area contributed by atoms with Crippen LogP contribution in [0.2, 0.25) is 0 Å². The molecule has 5 rings (SSSR count). The number of hydrogen-bond donors (Lipinski definition) is 0. The molecule has 0 N–H and O–H groups in total. The van der Waals surface area contributed by atoms with Crippen molar-refractivity contribution in [2.24, 2.45) is 0 Å². The summed E-state index contributed by atoms with van der Waals surface area (Å²) >= 11 is 1.52. The molecule has 5 nitrogen and oxygen atoms in total. The number of nitrogens with zero attached hydrogens (tertiary/aromatic N) is 3. The Labute approximate surface area is 179 Å². The van der Waals surface area contributed by atoms with Gasteiger partial charge in [-0.15, -0.1) is 11.3 Å². The molecule has 152 valence electrons. The summed E-state index contributed by atoms with van der Waals surface area (Å²) in [6.45, 7) is 2.09. The highest BCUT2D eigenvalue weighted by molar-refractivity contribution is 7.13. The topological polar surface area (TPSA) is 47.4 Å². The zero-order chi connectivity index (χ0) is 20.5. The average molecular weight is 418 g/mol. The largest absolute Gasteiger partial charge is 0.383 e. The minimum absolute atomic E-state index is 0.0239. The van der Waals surface area contributed by atoms with Gasteiger partial charge in [0.25, 0.3) is 5.91 Å². The Kier molecular flexibility index (Phi) is 5.11. The van der Waals surface area contributed by atoms with Crippen molar-refractivity contribution in [3.63, 3.8) is 0 Å². The second-order valence-electron chi connectivity index (χ2n) is 7.46. The van der Waals surface area contributed by atoms with Crippen molar-refractivity contribution in [3.8, 4) is 10.7 Å². The second kappa shape index (κ2) is 8.05. The molecule has 2 aromatic heterocycles. The van der Waals surface area contributed by atoms with Crippen molar-refractivity contribution >= 4 is 33.8 Å². The molecule has 0 aliphatic carbocycles. The maximum Gasteiger partial charge on any atom is 0.277 e.